The topological polar surface area (TPSA) is 0 Å². The summed E-state index contributed by atoms with van der Waals surface area (Å²) in [5.74, 6) is -0.291. The highest BCUT2D eigenvalue weighted by molar-refractivity contribution is 6.44. The third kappa shape index (κ3) is 2.37. The summed E-state index contributed by atoms with van der Waals surface area (Å²) in [5.41, 5.74) is 1.33. The summed E-state index contributed by atoms with van der Waals surface area (Å²) in [4.78, 5) is 0. The van der Waals surface area contributed by atoms with Crippen LogP contribution >= 0.6 is 34.8 Å². The molecule has 0 radical (unpaired) electrons. The molecule has 3 aromatic rings. The molecule has 0 N–H and O–H groups in total. The van der Waals surface area contributed by atoms with Gasteiger partial charge >= 0.3 is 0 Å². The lowest BCUT2D eigenvalue weighted by atomic mass is 10.0. The van der Waals surface area contributed by atoms with Crippen LogP contribution in [-0.4, -0.2) is 0 Å². The Morgan fingerprint density at radius 3 is 2.25 bits per heavy atom. The van der Waals surface area contributed by atoms with Crippen molar-refractivity contribution in [2.45, 2.75) is 0 Å². The zero-order valence-corrected chi connectivity index (χ0v) is 12.4. The van der Waals surface area contributed by atoms with Crippen molar-refractivity contribution in [1.82, 2.24) is 0 Å². The predicted octanol–water partition coefficient (Wildman–Crippen LogP) is 6.61. The summed E-state index contributed by atoms with van der Waals surface area (Å²) >= 11 is 18.1. The van der Waals surface area contributed by atoms with Crippen LogP contribution in [0.5, 0.6) is 0 Å². The quantitative estimate of drug-likeness (QED) is 0.442. The molecule has 0 saturated carbocycles. The molecule has 0 aliphatic heterocycles. The van der Waals surface area contributed by atoms with Gasteiger partial charge in [-0.2, -0.15) is 0 Å². The minimum Gasteiger partial charge on any atom is -0.206 e. The molecular weight excluding hydrogens is 318 g/mol. The summed E-state index contributed by atoms with van der Waals surface area (Å²) in [5, 5.41) is 2.59. The highest BCUT2D eigenvalue weighted by Gasteiger charge is 2.11. The summed E-state index contributed by atoms with van der Waals surface area (Å²) in [6.07, 6.45) is 0. The standard InChI is InChI=1S/C16H8Cl3F/c17-13-8-15(19)14(18)7-12(13)10-5-9-3-1-2-4-11(9)16(20)6-10/h1-8H. The van der Waals surface area contributed by atoms with Gasteiger partial charge in [0.2, 0.25) is 0 Å². The average molecular weight is 326 g/mol. The Morgan fingerprint density at radius 1 is 0.750 bits per heavy atom. The minimum absolute atomic E-state index is 0.291. The first-order chi connectivity index (χ1) is 9.56. The van der Waals surface area contributed by atoms with E-state index in [1.165, 1.54) is 6.07 Å². The Morgan fingerprint density at radius 2 is 1.45 bits per heavy atom. The molecule has 100 valence electrons. The maximum Gasteiger partial charge on any atom is 0.131 e. The van der Waals surface area contributed by atoms with Crippen molar-refractivity contribution in [3.05, 3.63) is 69.4 Å². The van der Waals surface area contributed by atoms with Crippen molar-refractivity contribution < 1.29 is 4.39 Å². The highest BCUT2D eigenvalue weighted by Crippen LogP contribution is 2.36. The molecule has 20 heavy (non-hydrogen) atoms. The number of fused-ring (bicyclic) bond motifs is 1. The fourth-order valence-electron chi connectivity index (χ4n) is 2.16. The van der Waals surface area contributed by atoms with Crippen LogP contribution in [0.1, 0.15) is 0 Å². The van der Waals surface area contributed by atoms with Crippen molar-refractivity contribution >= 4 is 45.6 Å². The smallest absolute Gasteiger partial charge is 0.131 e. The van der Waals surface area contributed by atoms with Crippen molar-refractivity contribution in [2.24, 2.45) is 0 Å². The van der Waals surface area contributed by atoms with E-state index < -0.39 is 0 Å². The summed E-state index contributed by atoms with van der Waals surface area (Å²) < 4.78 is 14.1. The zero-order valence-electron chi connectivity index (χ0n) is 10.1. The molecule has 0 saturated heterocycles. The van der Waals surface area contributed by atoms with Gasteiger partial charge in [0.15, 0.2) is 0 Å². The fourth-order valence-corrected chi connectivity index (χ4v) is 2.82. The lowest BCUT2D eigenvalue weighted by molar-refractivity contribution is 0.640. The Kier molecular flexibility index (Phi) is 3.59. The van der Waals surface area contributed by atoms with Crippen LogP contribution < -0.4 is 0 Å². The SMILES string of the molecule is Fc1cc(-c2cc(Cl)c(Cl)cc2Cl)cc2ccccc12. The molecule has 0 fully saturated rings. The fraction of sp³-hybridized carbons (Fsp3) is 0. The summed E-state index contributed by atoms with van der Waals surface area (Å²) in [7, 11) is 0. The zero-order chi connectivity index (χ0) is 14.3. The number of rotatable bonds is 1. The highest BCUT2D eigenvalue weighted by atomic mass is 35.5. The molecule has 0 unspecified atom stereocenters. The Bertz CT molecular complexity index is 812. The van der Waals surface area contributed by atoms with Gasteiger partial charge < -0.3 is 0 Å². The van der Waals surface area contributed by atoms with Crippen molar-refractivity contribution in [2.75, 3.05) is 0 Å². The van der Waals surface area contributed by atoms with Gasteiger partial charge in [0, 0.05) is 16.0 Å². The maximum absolute atomic E-state index is 14.1. The first-order valence-electron chi connectivity index (χ1n) is 5.89. The van der Waals surface area contributed by atoms with Gasteiger partial charge in [0.1, 0.15) is 5.82 Å². The second-order valence-corrected chi connectivity index (χ2v) is 5.65. The van der Waals surface area contributed by atoms with Gasteiger partial charge in [-0.1, -0.05) is 59.1 Å². The van der Waals surface area contributed by atoms with Crippen molar-refractivity contribution in [3.63, 3.8) is 0 Å². The second-order valence-electron chi connectivity index (χ2n) is 4.43. The van der Waals surface area contributed by atoms with Crippen molar-refractivity contribution in [3.8, 4) is 11.1 Å². The Hall–Kier alpha value is -1.28. The van der Waals surface area contributed by atoms with Gasteiger partial charge in [-0.05, 0) is 35.2 Å². The number of halogens is 4. The van der Waals surface area contributed by atoms with Crippen LogP contribution in [0.15, 0.2) is 48.5 Å². The normalized spacial score (nSPS) is 11.0. The third-order valence-electron chi connectivity index (χ3n) is 3.13. The van der Waals surface area contributed by atoms with E-state index in [2.05, 4.69) is 0 Å². The molecule has 3 rings (SSSR count). The molecule has 0 atom stereocenters. The number of benzene rings is 3. The van der Waals surface area contributed by atoms with Gasteiger partial charge in [-0.15, -0.1) is 0 Å². The van der Waals surface area contributed by atoms with Crippen LogP contribution in [0.25, 0.3) is 21.9 Å². The molecule has 0 spiro atoms. The van der Waals surface area contributed by atoms with E-state index in [1.807, 2.05) is 18.2 Å². The van der Waals surface area contributed by atoms with Crippen molar-refractivity contribution in [1.29, 1.82) is 0 Å². The Labute approximate surface area is 130 Å². The predicted molar refractivity (Wildman–Crippen MR) is 84.4 cm³/mol. The number of hydrogen-bond donors (Lipinski definition) is 0. The van der Waals surface area contributed by atoms with Crippen LogP contribution in [0.2, 0.25) is 15.1 Å². The molecule has 0 aliphatic carbocycles. The van der Waals surface area contributed by atoms with Gasteiger partial charge in [-0.3, -0.25) is 0 Å². The van der Waals surface area contributed by atoms with Gasteiger partial charge in [-0.25, -0.2) is 4.39 Å². The van der Waals surface area contributed by atoms with Crippen LogP contribution in [0.3, 0.4) is 0 Å². The Balaban J connectivity index is 2.27. The van der Waals surface area contributed by atoms with E-state index in [0.29, 0.717) is 31.6 Å². The van der Waals surface area contributed by atoms with E-state index in [0.717, 1.165) is 5.39 Å². The molecule has 4 heteroatoms. The molecular formula is C16H8Cl3F. The van der Waals surface area contributed by atoms with E-state index in [9.17, 15) is 4.39 Å². The molecule has 0 nitrogen and oxygen atoms in total. The maximum atomic E-state index is 14.1. The van der Waals surface area contributed by atoms with Gasteiger partial charge in [0.05, 0.1) is 10.0 Å². The molecule has 0 heterocycles. The third-order valence-corrected chi connectivity index (χ3v) is 4.17. The van der Waals surface area contributed by atoms with E-state index >= 15 is 0 Å². The van der Waals surface area contributed by atoms with Crippen LogP contribution in [0, 0.1) is 5.82 Å². The van der Waals surface area contributed by atoms with Crippen LogP contribution in [-0.2, 0) is 0 Å². The molecule has 0 amide bonds. The van der Waals surface area contributed by atoms with Gasteiger partial charge in [0.25, 0.3) is 0 Å². The average Bonchev–Trinajstić information content (AvgIpc) is 2.43. The van der Waals surface area contributed by atoms with E-state index in [4.69, 9.17) is 34.8 Å². The lowest BCUT2D eigenvalue weighted by Crippen LogP contribution is -1.86. The first kappa shape index (κ1) is 13.7. The first-order valence-corrected chi connectivity index (χ1v) is 7.03. The molecule has 0 aliphatic rings. The lowest BCUT2D eigenvalue weighted by Gasteiger charge is -2.09. The number of hydrogen-bond acceptors (Lipinski definition) is 0. The monoisotopic (exact) mass is 324 g/mol. The summed E-state index contributed by atoms with van der Waals surface area (Å²) in [6.45, 7) is 0. The van der Waals surface area contributed by atoms with E-state index in [-0.39, 0.29) is 5.82 Å². The summed E-state index contributed by atoms with van der Waals surface area (Å²) in [6, 6.07) is 13.8. The molecule has 0 bridgehead atoms. The minimum atomic E-state index is -0.291. The van der Waals surface area contributed by atoms with Crippen LogP contribution in [0.4, 0.5) is 4.39 Å². The molecule has 3 aromatic carbocycles. The second kappa shape index (κ2) is 5.25. The van der Waals surface area contributed by atoms with E-state index in [1.54, 1.807) is 24.3 Å². The molecule has 0 aromatic heterocycles. The largest absolute Gasteiger partial charge is 0.206 e.